The minimum Gasteiger partial charge on any atom is -1.00 e. The maximum atomic E-state index is 2.39. The van der Waals surface area contributed by atoms with Crippen LogP contribution in [0.25, 0.3) is 0 Å². The standard InChI is InChI=1S/2C7H9.Ti.2H/c2*1-6-4-3-5-7(6)2;;;/h2*4H,3H2,1-2H3;;;/q;;;2*-1. The Balaban J connectivity index is 0.00000128. The van der Waals surface area contributed by atoms with E-state index >= 15 is 0 Å². The van der Waals surface area contributed by atoms with Crippen LogP contribution in [0.1, 0.15) is 43.4 Å². The van der Waals surface area contributed by atoms with E-state index in [1.165, 1.54) is 24.0 Å². The largest absolute Gasteiger partial charge is 1.00 e. The molecule has 2 rings (SSSR count). The van der Waals surface area contributed by atoms with Gasteiger partial charge in [0, 0.05) is 0 Å². The van der Waals surface area contributed by atoms with E-state index in [0.29, 0.717) is 0 Å². The van der Waals surface area contributed by atoms with Crippen LogP contribution < -0.4 is 0 Å². The quantitative estimate of drug-likeness (QED) is 0.617. The van der Waals surface area contributed by atoms with Gasteiger partial charge in [-0.2, -0.15) is 0 Å². The molecule has 0 saturated carbocycles. The molecule has 0 nitrogen and oxygen atoms in total. The minimum atomic E-state index is -0.00593. The fraction of sp³-hybridized carbons (Fsp3) is 0.429. The molecule has 2 aliphatic carbocycles. The van der Waals surface area contributed by atoms with E-state index in [0.717, 1.165) is 0 Å². The predicted molar refractivity (Wildman–Crippen MR) is 64.4 cm³/mol. The van der Waals surface area contributed by atoms with Crippen molar-refractivity contribution in [2.45, 2.75) is 40.5 Å². The molecule has 15 heavy (non-hydrogen) atoms. The molecule has 2 aliphatic rings. The number of hydrogen-bond acceptors (Lipinski definition) is 0. The molecule has 0 N–H and O–H groups in total. The van der Waals surface area contributed by atoms with Crippen LogP contribution in [-0.4, -0.2) is 0 Å². The Morgan fingerprint density at radius 1 is 0.867 bits per heavy atom. The molecule has 0 atom stereocenters. The van der Waals surface area contributed by atoms with Crippen molar-refractivity contribution in [1.82, 2.24) is 0 Å². The predicted octanol–water partition coefficient (Wildman–Crippen LogP) is 4.54. The van der Waals surface area contributed by atoms with Crippen molar-refractivity contribution in [3.8, 4) is 0 Å². The zero-order chi connectivity index (χ0) is 11.0. The minimum absolute atomic E-state index is 0. The monoisotopic (exact) mass is 236 g/mol. The van der Waals surface area contributed by atoms with Crippen molar-refractivity contribution < 1.29 is 22.0 Å². The second kappa shape index (κ2) is 4.27. The van der Waals surface area contributed by atoms with Gasteiger partial charge in [-0.3, -0.25) is 0 Å². The molecule has 0 amide bonds. The van der Waals surface area contributed by atoms with E-state index in [9.17, 15) is 0 Å². The summed E-state index contributed by atoms with van der Waals surface area (Å²) in [6, 6.07) is 0. The molecule has 0 saturated heterocycles. The summed E-state index contributed by atoms with van der Waals surface area (Å²) in [5.74, 6) is 0. The van der Waals surface area contributed by atoms with Crippen molar-refractivity contribution in [2.75, 3.05) is 0 Å². The van der Waals surface area contributed by atoms with Crippen molar-refractivity contribution in [3.05, 3.63) is 42.2 Å². The summed E-state index contributed by atoms with van der Waals surface area (Å²) >= 11 is -0.00593. The van der Waals surface area contributed by atoms with Crippen LogP contribution in [0.15, 0.2) is 42.2 Å². The molecular formula is C14H20Ti-2. The van der Waals surface area contributed by atoms with Crippen LogP contribution in [0.4, 0.5) is 0 Å². The molecular weight excluding hydrogens is 216 g/mol. The van der Waals surface area contributed by atoms with Crippen LogP contribution >= 0.6 is 0 Å². The number of rotatable bonds is 2. The fourth-order valence-electron chi connectivity index (χ4n) is 2.07. The average Bonchev–Trinajstić information content (AvgIpc) is 2.68. The Morgan fingerprint density at radius 3 is 1.53 bits per heavy atom. The van der Waals surface area contributed by atoms with Crippen LogP contribution in [0.5, 0.6) is 0 Å². The van der Waals surface area contributed by atoms with Gasteiger partial charge in [0.15, 0.2) is 0 Å². The van der Waals surface area contributed by atoms with Gasteiger partial charge >= 0.3 is 102 Å². The molecule has 0 spiro atoms. The summed E-state index contributed by atoms with van der Waals surface area (Å²) in [4.78, 5) is 0. The Labute approximate surface area is 105 Å². The average molecular weight is 236 g/mol. The third-order valence-electron chi connectivity index (χ3n) is 3.61. The summed E-state index contributed by atoms with van der Waals surface area (Å²) in [6.45, 7) is 9.08. The van der Waals surface area contributed by atoms with Crippen molar-refractivity contribution in [1.29, 1.82) is 0 Å². The Kier molecular flexibility index (Phi) is 3.18. The number of hydrogen-bond donors (Lipinski definition) is 0. The molecule has 0 aliphatic heterocycles. The Hall–Kier alpha value is -0.326. The third-order valence-corrected chi connectivity index (χ3v) is 6.37. The molecule has 0 fully saturated rings. The van der Waals surface area contributed by atoms with E-state index < -0.39 is 0 Å². The Morgan fingerprint density at radius 2 is 1.27 bits per heavy atom. The zero-order valence-electron chi connectivity index (χ0n) is 12.1. The summed E-state index contributed by atoms with van der Waals surface area (Å²) in [6.07, 6.45) is 7.24. The molecule has 0 aromatic heterocycles. The molecule has 82 valence electrons. The van der Waals surface area contributed by atoms with Crippen LogP contribution in [-0.2, 0) is 19.2 Å². The third kappa shape index (κ3) is 2.12. The normalized spacial score (nSPS) is 21.1. The fourth-order valence-corrected chi connectivity index (χ4v) is 4.48. The van der Waals surface area contributed by atoms with Gasteiger partial charge in [0.05, 0.1) is 0 Å². The van der Waals surface area contributed by atoms with Gasteiger partial charge in [0.2, 0.25) is 0 Å². The van der Waals surface area contributed by atoms with E-state index in [1.807, 2.05) is 0 Å². The van der Waals surface area contributed by atoms with E-state index in [2.05, 4.69) is 39.8 Å². The number of allylic oxidation sites excluding steroid dienone is 8. The van der Waals surface area contributed by atoms with Gasteiger partial charge in [0.1, 0.15) is 0 Å². The molecule has 0 aromatic rings. The summed E-state index contributed by atoms with van der Waals surface area (Å²) in [5, 5.41) is 0. The van der Waals surface area contributed by atoms with E-state index in [4.69, 9.17) is 0 Å². The SMILES string of the molecule is CC1=CC[C]([Ti][C]2=C(C)C(C)=CC2)=C1C.[H-].[H-]. The van der Waals surface area contributed by atoms with Crippen molar-refractivity contribution in [3.63, 3.8) is 0 Å². The molecule has 0 radical (unpaired) electrons. The van der Waals surface area contributed by atoms with Crippen molar-refractivity contribution in [2.24, 2.45) is 0 Å². The van der Waals surface area contributed by atoms with Crippen LogP contribution in [0.2, 0.25) is 0 Å². The first-order valence-electron chi connectivity index (χ1n) is 5.60. The summed E-state index contributed by atoms with van der Waals surface area (Å²) in [5.41, 5.74) is 6.18. The van der Waals surface area contributed by atoms with Gasteiger partial charge in [0.25, 0.3) is 0 Å². The summed E-state index contributed by atoms with van der Waals surface area (Å²) < 4.78 is 3.51. The molecule has 0 aromatic carbocycles. The van der Waals surface area contributed by atoms with E-state index in [1.54, 1.807) is 18.9 Å². The molecule has 0 bridgehead atoms. The second-order valence-electron chi connectivity index (χ2n) is 4.51. The molecule has 0 heterocycles. The first-order valence-corrected chi connectivity index (χ1v) is 7.16. The Bertz CT molecular complexity index is 386. The van der Waals surface area contributed by atoms with Crippen LogP contribution in [0.3, 0.4) is 0 Å². The van der Waals surface area contributed by atoms with Gasteiger partial charge in [-0.1, -0.05) is 0 Å². The smallest absolute Gasteiger partial charge is 1.00 e. The van der Waals surface area contributed by atoms with E-state index in [-0.39, 0.29) is 22.0 Å². The first-order chi connectivity index (χ1) is 7.09. The van der Waals surface area contributed by atoms with Gasteiger partial charge < -0.3 is 2.85 Å². The molecule has 1 heteroatoms. The zero-order valence-corrected chi connectivity index (χ0v) is 11.6. The topological polar surface area (TPSA) is 0 Å². The first kappa shape index (κ1) is 11.2. The molecule has 0 unspecified atom stereocenters. The summed E-state index contributed by atoms with van der Waals surface area (Å²) in [7, 11) is 0. The van der Waals surface area contributed by atoms with Gasteiger partial charge in [-0.15, -0.1) is 0 Å². The second-order valence-corrected chi connectivity index (χ2v) is 6.79. The van der Waals surface area contributed by atoms with Crippen LogP contribution in [0, 0.1) is 0 Å². The maximum Gasteiger partial charge on any atom is -1.00 e. The van der Waals surface area contributed by atoms with Gasteiger partial charge in [-0.05, 0) is 0 Å². The maximum absolute atomic E-state index is 2.39. The van der Waals surface area contributed by atoms with Gasteiger partial charge in [-0.25, -0.2) is 0 Å². The van der Waals surface area contributed by atoms with Crippen molar-refractivity contribution >= 4 is 0 Å².